The maximum absolute atomic E-state index is 13.0. The standard InChI is InChI=1S/C21H18N2O4S/c24-21(25)19(12-15-13-22-18-10-4-3-8-16(15)18)23-28(26,27)20-11-5-7-14-6-1-2-9-17(14)20/h1-11,13,19,22-23H,12H2,(H,24,25). The van der Waals surface area contributed by atoms with E-state index in [-0.39, 0.29) is 11.3 Å². The summed E-state index contributed by atoms with van der Waals surface area (Å²) < 4.78 is 28.3. The van der Waals surface area contributed by atoms with Crippen LogP contribution < -0.4 is 4.72 Å². The summed E-state index contributed by atoms with van der Waals surface area (Å²) in [5.74, 6) is -1.23. The molecule has 0 radical (unpaired) electrons. The third kappa shape index (κ3) is 3.37. The molecule has 0 aliphatic heterocycles. The van der Waals surface area contributed by atoms with E-state index in [9.17, 15) is 18.3 Å². The lowest BCUT2D eigenvalue weighted by Crippen LogP contribution is -2.42. The molecule has 0 saturated carbocycles. The number of nitrogens with one attached hydrogen (secondary N) is 2. The Morgan fingerprint density at radius 1 is 0.964 bits per heavy atom. The van der Waals surface area contributed by atoms with E-state index in [0.717, 1.165) is 21.9 Å². The van der Waals surface area contributed by atoms with Gasteiger partial charge in [0.1, 0.15) is 6.04 Å². The van der Waals surface area contributed by atoms with E-state index < -0.39 is 22.0 Å². The van der Waals surface area contributed by atoms with Crippen LogP contribution in [0.5, 0.6) is 0 Å². The van der Waals surface area contributed by atoms with Gasteiger partial charge in [0, 0.05) is 28.9 Å². The maximum Gasteiger partial charge on any atom is 0.322 e. The Hall–Kier alpha value is -3.16. The second kappa shape index (κ2) is 7.10. The number of benzene rings is 3. The molecule has 4 rings (SSSR count). The van der Waals surface area contributed by atoms with Gasteiger partial charge in [0.15, 0.2) is 0 Å². The molecule has 1 unspecified atom stereocenters. The first kappa shape index (κ1) is 18.2. The molecule has 28 heavy (non-hydrogen) atoms. The van der Waals surface area contributed by atoms with Gasteiger partial charge in [-0.3, -0.25) is 4.79 Å². The molecule has 0 spiro atoms. The van der Waals surface area contributed by atoms with Gasteiger partial charge in [-0.2, -0.15) is 4.72 Å². The van der Waals surface area contributed by atoms with Gasteiger partial charge in [0.05, 0.1) is 4.90 Å². The fraction of sp³-hybridized carbons (Fsp3) is 0.0952. The molecule has 1 atom stereocenters. The molecule has 142 valence electrons. The predicted octanol–water partition coefficient (Wildman–Crippen LogP) is 3.30. The Labute approximate surface area is 161 Å². The topological polar surface area (TPSA) is 99.3 Å². The van der Waals surface area contributed by atoms with E-state index in [0.29, 0.717) is 5.39 Å². The quantitative estimate of drug-likeness (QED) is 0.467. The Morgan fingerprint density at radius 2 is 1.64 bits per heavy atom. The minimum atomic E-state index is -4.03. The van der Waals surface area contributed by atoms with Gasteiger partial charge in [-0.25, -0.2) is 8.42 Å². The minimum Gasteiger partial charge on any atom is -0.480 e. The van der Waals surface area contributed by atoms with Crippen molar-refractivity contribution < 1.29 is 18.3 Å². The van der Waals surface area contributed by atoms with Crippen molar-refractivity contribution in [1.82, 2.24) is 9.71 Å². The van der Waals surface area contributed by atoms with Gasteiger partial charge in [0.2, 0.25) is 10.0 Å². The summed E-state index contributed by atoms with van der Waals surface area (Å²) in [4.78, 5) is 14.9. The zero-order chi connectivity index (χ0) is 19.7. The molecule has 3 N–H and O–H groups in total. The average molecular weight is 394 g/mol. The maximum atomic E-state index is 13.0. The zero-order valence-corrected chi connectivity index (χ0v) is 15.6. The van der Waals surface area contributed by atoms with Crippen molar-refractivity contribution in [3.8, 4) is 0 Å². The number of aromatic amines is 1. The van der Waals surface area contributed by atoms with Gasteiger partial charge in [-0.1, -0.05) is 54.6 Å². The van der Waals surface area contributed by atoms with Crippen LogP contribution in [0.4, 0.5) is 0 Å². The lowest BCUT2D eigenvalue weighted by atomic mass is 10.1. The van der Waals surface area contributed by atoms with Crippen LogP contribution in [0.3, 0.4) is 0 Å². The highest BCUT2D eigenvalue weighted by Gasteiger charge is 2.27. The molecule has 4 aromatic rings. The number of fused-ring (bicyclic) bond motifs is 2. The highest BCUT2D eigenvalue weighted by Crippen LogP contribution is 2.24. The molecule has 0 amide bonds. The number of hydrogen-bond donors (Lipinski definition) is 3. The van der Waals surface area contributed by atoms with Crippen molar-refractivity contribution >= 4 is 37.7 Å². The third-order valence-electron chi connectivity index (χ3n) is 4.73. The van der Waals surface area contributed by atoms with Crippen LogP contribution in [-0.2, 0) is 21.2 Å². The van der Waals surface area contributed by atoms with E-state index >= 15 is 0 Å². The second-order valence-corrected chi connectivity index (χ2v) is 8.24. The monoisotopic (exact) mass is 394 g/mol. The Morgan fingerprint density at radius 3 is 2.43 bits per heavy atom. The molecular formula is C21H18N2O4S. The first-order valence-electron chi connectivity index (χ1n) is 8.73. The second-order valence-electron chi connectivity index (χ2n) is 6.55. The predicted molar refractivity (Wildman–Crippen MR) is 108 cm³/mol. The fourth-order valence-electron chi connectivity index (χ4n) is 3.38. The largest absolute Gasteiger partial charge is 0.480 e. The summed E-state index contributed by atoms with van der Waals surface area (Å²) in [6.07, 6.45) is 1.75. The van der Waals surface area contributed by atoms with E-state index in [2.05, 4.69) is 9.71 Å². The highest BCUT2D eigenvalue weighted by molar-refractivity contribution is 7.89. The van der Waals surface area contributed by atoms with Crippen molar-refractivity contribution in [2.24, 2.45) is 0 Å². The van der Waals surface area contributed by atoms with Crippen molar-refractivity contribution in [1.29, 1.82) is 0 Å². The molecule has 0 saturated heterocycles. The Balaban J connectivity index is 1.68. The average Bonchev–Trinajstić information content (AvgIpc) is 3.10. The molecule has 0 aliphatic rings. The van der Waals surface area contributed by atoms with Crippen LogP contribution in [0, 0.1) is 0 Å². The molecule has 6 nitrogen and oxygen atoms in total. The summed E-state index contributed by atoms with van der Waals surface area (Å²) in [5.41, 5.74) is 1.61. The number of carbonyl (C=O) groups is 1. The van der Waals surface area contributed by atoms with Crippen LogP contribution >= 0.6 is 0 Å². The zero-order valence-electron chi connectivity index (χ0n) is 14.8. The lowest BCUT2D eigenvalue weighted by Gasteiger charge is -2.16. The van der Waals surface area contributed by atoms with Crippen LogP contribution in [0.25, 0.3) is 21.7 Å². The molecule has 0 bridgehead atoms. The molecule has 0 aliphatic carbocycles. The van der Waals surface area contributed by atoms with Crippen LogP contribution in [0.15, 0.2) is 77.8 Å². The molecule has 0 fully saturated rings. The number of aromatic nitrogens is 1. The van der Waals surface area contributed by atoms with E-state index in [1.807, 2.05) is 42.5 Å². The number of carboxylic acids is 1. The minimum absolute atomic E-state index is 0.0311. The third-order valence-corrected chi connectivity index (χ3v) is 6.26. The first-order chi connectivity index (χ1) is 13.5. The summed E-state index contributed by atoms with van der Waals surface area (Å²) in [6, 6.07) is 18.2. The normalized spacial score (nSPS) is 13.0. The summed E-state index contributed by atoms with van der Waals surface area (Å²) in [5, 5.41) is 11.8. The number of sulfonamides is 1. The Bertz CT molecular complexity index is 1270. The number of aliphatic carboxylic acids is 1. The van der Waals surface area contributed by atoms with Gasteiger partial charge in [-0.05, 0) is 23.1 Å². The number of hydrogen-bond acceptors (Lipinski definition) is 3. The highest BCUT2D eigenvalue weighted by atomic mass is 32.2. The molecule has 3 aromatic carbocycles. The molecule has 7 heteroatoms. The lowest BCUT2D eigenvalue weighted by molar-refractivity contribution is -0.138. The van der Waals surface area contributed by atoms with Gasteiger partial charge >= 0.3 is 5.97 Å². The van der Waals surface area contributed by atoms with Crippen LogP contribution in [0.2, 0.25) is 0 Å². The van der Waals surface area contributed by atoms with Crippen molar-refractivity contribution in [3.05, 3.63) is 78.5 Å². The van der Waals surface area contributed by atoms with Gasteiger partial charge in [0.25, 0.3) is 0 Å². The SMILES string of the molecule is O=C(O)C(Cc1c[nH]c2ccccc12)NS(=O)(=O)c1cccc2ccccc12. The first-order valence-corrected chi connectivity index (χ1v) is 10.2. The summed E-state index contributed by atoms with van der Waals surface area (Å²) in [6.45, 7) is 0. The molecule has 1 heterocycles. The number of H-pyrrole nitrogens is 1. The number of para-hydroxylation sites is 1. The van der Waals surface area contributed by atoms with E-state index in [4.69, 9.17) is 0 Å². The van der Waals surface area contributed by atoms with Crippen LogP contribution in [-0.4, -0.2) is 30.5 Å². The summed E-state index contributed by atoms with van der Waals surface area (Å²) >= 11 is 0. The summed E-state index contributed by atoms with van der Waals surface area (Å²) in [7, 11) is -4.03. The fourth-order valence-corrected chi connectivity index (χ4v) is 4.80. The van der Waals surface area contributed by atoms with Crippen molar-refractivity contribution in [2.45, 2.75) is 17.4 Å². The van der Waals surface area contributed by atoms with E-state index in [1.165, 1.54) is 6.07 Å². The van der Waals surface area contributed by atoms with Crippen molar-refractivity contribution in [2.75, 3.05) is 0 Å². The number of carboxylic acid groups (broad SMARTS) is 1. The van der Waals surface area contributed by atoms with Crippen LogP contribution in [0.1, 0.15) is 5.56 Å². The van der Waals surface area contributed by atoms with E-state index in [1.54, 1.807) is 24.4 Å². The smallest absolute Gasteiger partial charge is 0.322 e. The van der Waals surface area contributed by atoms with Gasteiger partial charge in [-0.15, -0.1) is 0 Å². The number of rotatable bonds is 6. The molecule has 1 aromatic heterocycles. The molecular weight excluding hydrogens is 376 g/mol. The van der Waals surface area contributed by atoms with Crippen molar-refractivity contribution in [3.63, 3.8) is 0 Å². The Kier molecular flexibility index (Phi) is 4.62. The van der Waals surface area contributed by atoms with Gasteiger partial charge < -0.3 is 10.1 Å².